The highest BCUT2D eigenvalue weighted by Crippen LogP contribution is 1.95. The third kappa shape index (κ3) is 1.68. The Bertz CT molecular complexity index is 201. The molecule has 0 unspecified atom stereocenters. The van der Waals surface area contributed by atoms with Crippen molar-refractivity contribution in [2.24, 2.45) is 0 Å². The molecule has 0 fully saturated rings. The molecule has 1 heterocycles. The molecule has 0 aromatic carbocycles. The van der Waals surface area contributed by atoms with Crippen LogP contribution in [0.15, 0.2) is 5.16 Å². The van der Waals surface area contributed by atoms with Crippen LogP contribution in [0.5, 0.6) is 0 Å². The molecule has 0 radical (unpaired) electrons. The van der Waals surface area contributed by atoms with Gasteiger partial charge in [-0.15, -0.1) is 17.7 Å². The lowest BCUT2D eigenvalue weighted by molar-refractivity contribution is 0.180. The molecule has 0 N–H and O–H groups in total. The second kappa shape index (κ2) is 3.52. The molecule has 1 rings (SSSR count). The van der Waals surface area contributed by atoms with Gasteiger partial charge in [0.25, 0.3) is 0 Å². The van der Waals surface area contributed by atoms with E-state index in [2.05, 4.69) is 28.2 Å². The largest absolute Gasteiger partial charge is 0.383 e. The lowest BCUT2D eigenvalue weighted by atomic mass is 10.7. The highest BCUT2D eigenvalue weighted by atomic mass is 32.1. The quantitative estimate of drug-likeness (QED) is 0.612. The highest BCUT2D eigenvalue weighted by Gasteiger charge is 1.97. The first-order valence-electron chi connectivity index (χ1n) is 2.78. The third-order valence-corrected chi connectivity index (χ3v) is 1.34. The maximum Gasteiger partial charge on any atom is 0.206 e. The number of nitrogens with zero attached hydrogens (tertiary/aromatic N) is 4. The van der Waals surface area contributed by atoms with Crippen molar-refractivity contribution in [3.05, 3.63) is 0 Å². The monoisotopic (exact) mass is 160 g/mol. The second-order valence-corrected chi connectivity index (χ2v) is 2.09. The van der Waals surface area contributed by atoms with Crippen LogP contribution in [-0.2, 0) is 11.3 Å². The van der Waals surface area contributed by atoms with E-state index in [1.54, 1.807) is 11.8 Å². The van der Waals surface area contributed by atoms with Crippen molar-refractivity contribution < 1.29 is 4.74 Å². The Morgan fingerprint density at radius 3 is 3.00 bits per heavy atom. The fourth-order valence-corrected chi connectivity index (χ4v) is 0.702. The molecule has 0 atom stereocenters. The van der Waals surface area contributed by atoms with Crippen molar-refractivity contribution >= 4 is 12.6 Å². The Hall–Kier alpha value is -0.620. The van der Waals surface area contributed by atoms with Gasteiger partial charge in [-0.3, -0.25) is 0 Å². The first kappa shape index (κ1) is 7.49. The zero-order chi connectivity index (χ0) is 7.40. The van der Waals surface area contributed by atoms with E-state index in [0.717, 1.165) is 0 Å². The molecule has 6 heteroatoms. The van der Waals surface area contributed by atoms with Crippen molar-refractivity contribution in [1.82, 2.24) is 20.2 Å². The zero-order valence-electron chi connectivity index (χ0n) is 5.56. The maximum atomic E-state index is 4.82. The Kier molecular flexibility index (Phi) is 2.64. The number of tetrazole rings is 1. The summed E-state index contributed by atoms with van der Waals surface area (Å²) < 4.78 is 6.38. The first-order valence-corrected chi connectivity index (χ1v) is 3.23. The van der Waals surface area contributed by atoms with Crippen molar-refractivity contribution in [2.45, 2.75) is 11.7 Å². The zero-order valence-corrected chi connectivity index (χ0v) is 6.45. The normalized spacial score (nSPS) is 10.2. The van der Waals surface area contributed by atoms with E-state index in [4.69, 9.17) is 4.74 Å². The van der Waals surface area contributed by atoms with Crippen molar-refractivity contribution in [3.63, 3.8) is 0 Å². The first-order chi connectivity index (χ1) is 4.84. The molecule has 0 saturated heterocycles. The molecule has 0 bridgehead atoms. The van der Waals surface area contributed by atoms with Crippen LogP contribution in [0, 0.1) is 0 Å². The van der Waals surface area contributed by atoms with E-state index in [-0.39, 0.29) is 0 Å². The van der Waals surface area contributed by atoms with Gasteiger partial charge < -0.3 is 4.74 Å². The minimum Gasteiger partial charge on any atom is -0.383 e. The molecule has 56 valence electrons. The Balaban J connectivity index is 2.49. The van der Waals surface area contributed by atoms with Crippen LogP contribution in [0.25, 0.3) is 0 Å². The number of thiol groups is 1. The van der Waals surface area contributed by atoms with Crippen molar-refractivity contribution in [2.75, 3.05) is 13.7 Å². The minimum absolute atomic E-state index is 0.511. The molecule has 1 aromatic heterocycles. The number of hydrogen-bond donors (Lipinski definition) is 1. The molecule has 0 aliphatic heterocycles. The number of rotatable bonds is 3. The lowest BCUT2D eigenvalue weighted by Crippen LogP contribution is -2.06. The van der Waals surface area contributed by atoms with Gasteiger partial charge in [-0.25, -0.2) is 4.68 Å². The van der Waals surface area contributed by atoms with Crippen molar-refractivity contribution in [3.8, 4) is 0 Å². The smallest absolute Gasteiger partial charge is 0.206 e. The van der Waals surface area contributed by atoms with Crippen LogP contribution in [0.2, 0.25) is 0 Å². The van der Waals surface area contributed by atoms with Gasteiger partial charge >= 0.3 is 0 Å². The van der Waals surface area contributed by atoms with Crippen molar-refractivity contribution in [1.29, 1.82) is 0 Å². The van der Waals surface area contributed by atoms with Gasteiger partial charge in [-0.05, 0) is 10.4 Å². The third-order valence-electron chi connectivity index (χ3n) is 1.02. The van der Waals surface area contributed by atoms with E-state index in [9.17, 15) is 0 Å². The molecule has 0 aliphatic rings. The minimum atomic E-state index is 0.511. The maximum absolute atomic E-state index is 4.82. The SMILES string of the molecule is COCCn1nnnc1S. The molecule has 5 nitrogen and oxygen atoms in total. The van der Waals surface area contributed by atoms with Gasteiger partial charge in [0, 0.05) is 7.11 Å². The van der Waals surface area contributed by atoms with E-state index in [0.29, 0.717) is 18.3 Å². The summed E-state index contributed by atoms with van der Waals surface area (Å²) >= 11 is 3.99. The number of ether oxygens (including phenoxy) is 1. The predicted octanol–water partition coefficient (Wildman–Crippen LogP) is -0.392. The molecular formula is C4H8N4OS. The number of aromatic nitrogens is 4. The van der Waals surface area contributed by atoms with E-state index >= 15 is 0 Å². The summed E-state index contributed by atoms with van der Waals surface area (Å²) in [4.78, 5) is 0. The average Bonchev–Trinajstić information content (AvgIpc) is 2.31. The van der Waals surface area contributed by atoms with Crippen LogP contribution >= 0.6 is 12.6 Å². The highest BCUT2D eigenvalue weighted by molar-refractivity contribution is 7.80. The summed E-state index contributed by atoms with van der Waals surface area (Å²) in [6, 6.07) is 0. The Morgan fingerprint density at radius 2 is 2.50 bits per heavy atom. The molecule has 0 saturated carbocycles. The average molecular weight is 160 g/mol. The Morgan fingerprint density at radius 1 is 1.70 bits per heavy atom. The van der Waals surface area contributed by atoms with Crippen LogP contribution in [0.3, 0.4) is 0 Å². The van der Waals surface area contributed by atoms with Crippen LogP contribution in [0.4, 0.5) is 0 Å². The summed E-state index contributed by atoms with van der Waals surface area (Å²) in [6.07, 6.45) is 0. The van der Waals surface area contributed by atoms with Gasteiger partial charge in [0.2, 0.25) is 5.16 Å². The standard InChI is InChI=1S/C4H8N4OS/c1-9-3-2-8-4(10)5-6-7-8/h2-3H2,1H3,(H,5,7,10). The van der Waals surface area contributed by atoms with Gasteiger partial charge in [0.05, 0.1) is 13.2 Å². The van der Waals surface area contributed by atoms with E-state index in [1.165, 1.54) is 0 Å². The molecule has 0 spiro atoms. The van der Waals surface area contributed by atoms with Crippen LogP contribution in [0.1, 0.15) is 0 Å². The van der Waals surface area contributed by atoms with Crippen LogP contribution in [-0.4, -0.2) is 33.9 Å². The summed E-state index contributed by atoms with van der Waals surface area (Å²) in [5.74, 6) is 0. The predicted molar refractivity (Wildman–Crippen MR) is 36.9 cm³/mol. The summed E-state index contributed by atoms with van der Waals surface area (Å²) in [5.41, 5.74) is 0. The summed E-state index contributed by atoms with van der Waals surface area (Å²) in [5, 5.41) is 11.1. The van der Waals surface area contributed by atoms with Gasteiger partial charge in [-0.1, -0.05) is 0 Å². The number of hydrogen-bond acceptors (Lipinski definition) is 5. The van der Waals surface area contributed by atoms with E-state index < -0.39 is 0 Å². The fraction of sp³-hybridized carbons (Fsp3) is 0.750. The summed E-state index contributed by atoms with van der Waals surface area (Å²) in [7, 11) is 1.63. The molecular weight excluding hydrogens is 152 g/mol. The molecule has 0 amide bonds. The second-order valence-electron chi connectivity index (χ2n) is 1.69. The Labute approximate surface area is 63.8 Å². The van der Waals surface area contributed by atoms with Gasteiger partial charge in [0.15, 0.2) is 0 Å². The topological polar surface area (TPSA) is 52.8 Å². The van der Waals surface area contributed by atoms with Gasteiger partial charge in [-0.2, -0.15) is 0 Å². The van der Waals surface area contributed by atoms with E-state index in [1.807, 2.05) is 0 Å². The molecule has 1 aromatic rings. The number of methoxy groups -OCH3 is 1. The molecule has 10 heavy (non-hydrogen) atoms. The molecule has 0 aliphatic carbocycles. The lowest BCUT2D eigenvalue weighted by Gasteiger charge is -1.97. The van der Waals surface area contributed by atoms with Crippen LogP contribution < -0.4 is 0 Å². The summed E-state index contributed by atoms with van der Waals surface area (Å²) in [6.45, 7) is 1.24. The fourth-order valence-electron chi connectivity index (χ4n) is 0.522. The van der Waals surface area contributed by atoms with Gasteiger partial charge in [0.1, 0.15) is 0 Å².